The number of aromatic hydroxyl groups is 2. The molecule has 1 aliphatic rings. The maximum absolute atomic E-state index is 12.1. The second-order valence-corrected chi connectivity index (χ2v) is 13.6. The molecule has 7 heteroatoms. The Balaban J connectivity index is 1.38. The van der Waals surface area contributed by atoms with Crippen molar-refractivity contribution in [3.05, 3.63) is 53.6 Å². The Kier molecular flexibility index (Phi) is 12.5. The van der Waals surface area contributed by atoms with E-state index in [1.807, 2.05) is 23.9 Å². The van der Waals surface area contributed by atoms with Crippen molar-refractivity contribution in [2.75, 3.05) is 17.3 Å². The Morgan fingerprint density at radius 1 is 0.868 bits per heavy atom. The molecule has 5 nitrogen and oxygen atoms in total. The average Bonchev–Trinajstić information content (AvgIpc) is 2.88. The lowest BCUT2D eigenvalue weighted by atomic mass is 9.68. The van der Waals surface area contributed by atoms with E-state index in [-0.39, 0.29) is 11.8 Å². The Bertz CT molecular complexity index is 1040. The minimum Gasteiger partial charge on any atom is -0.508 e. The van der Waals surface area contributed by atoms with Gasteiger partial charge in [0.25, 0.3) is 0 Å². The van der Waals surface area contributed by atoms with Crippen molar-refractivity contribution >= 4 is 28.5 Å². The van der Waals surface area contributed by atoms with Crippen LogP contribution in [0.25, 0.3) is 0 Å². The number of hydrogen-bond acceptors (Lipinski definition) is 5. The number of carboxylic acids is 1. The van der Waals surface area contributed by atoms with E-state index in [1.54, 1.807) is 12.1 Å². The van der Waals surface area contributed by atoms with Crippen molar-refractivity contribution in [2.24, 2.45) is 0 Å². The molecular formula is C31H44O5S2. The number of carbonyl (C=O) groups is 1. The molecule has 2 aromatic rings. The van der Waals surface area contributed by atoms with Gasteiger partial charge in [0, 0.05) is 44.8 Å². The summed E-state index contributed by atoms with van der Waals surface area (Å²) in [6.45, 7) is 2.34. The fourth-order valence-corrected chi connectivity index (χ4v) is 8.18. The van der Waals surface area contributed by atoms with Crippen LogP contribution in [0.3, 0.4) is 0 Å². The molecule has 3 N–H and O–H groups in total. The number of rotatable bonds is 17. The largest absolute Gasteiger partial charge is 0.508 e. The van der Waals surface area contributed by atoms with E-state index in [2.05, 4.69) is 25.1 Å². The molecule has 3 atom stereocenters. The molecule has 0 aromatic heterocycles. The molecule has 0 saturated carbocycles. The molecule has 1 aliphatic heterocycles. The van der Waals surface area contributed by atoms with Gasteiger partial charge in [-0.1, -0.05) is 70.1 Å². The first-order valence-electron chi connectivity index (χ1n) is 14.1. The number of hydrogen-bond donors (Lipinski definition) is 3. The zero-order valence-corrected chi connectivity index (χ0v) is 24.3. The summed E-state index contributed by atoms with van der Waals surface area (Å²) in [4.78, 5) is 11.7. The van der Waals surface area contributed by atoms with E-state index in [9.17, 15) is 19.2 Å². The van der Waals surface area contributed by atoms with Gasteiger partial charge in [0.1, 0.15) is 11.5 Å². The standard InChI is InChI=1S/C31H44O5S2/c1-31(24-14-16-25(32)17-15-24)23-37-29-22-26(33)18-19-27(29)28(31)12-8-5-3-2-4-6-10-20-38(36)21-11-7-9-13-30(34)35/h14-19,22,28,32-33H,2-13,20-21,23H2,1H3,(H,34,35). The topological polar surface area (TPSA) is 94.8 Å². The highest BCUT2D eigenvalue weighted by Crippen LogP contribution is 2.52. The number of phenols is 2. The van der Waals surface area contributed by atoms with E-state index in [1.165, 1.54) is 41.7 Å². The van der Waals surface area contributed by atoms with E-state index < -0.39 is 16.8 Å². The van der Waals surface area contributed by atoms with Crippen molar-refractivity contribution in [3.63, 3.8) is 0 Å². The number of phenolic OH excluding ortho intramolecular Hbond substituents is 2. The molecule has 3 rings (SSSR count). The smallest absolute Gasteiger partial charge is 0.303 e. The third-order valence-electron chi connectivity index (χ3n) is 7.82. The molecule has 0 bridgehead atoms. The number of fused-ring (bicyclic) bond motifs is 1. The first-order chi connectivity index (χ1) is 18.3. The van der Waals surface area contributed by atoms with Crippen LogP contribution in [-0.4, -0.2) is 42.8 Å². The molecule has 210 valence electrons. The van der Waals surface area contributed by atoms with Gasteiger partial charge in [0.2, 0.25) is 0 Å². The van der Waals surface area contributed by atoms with E-state index >= 15 is 0 Å². The van der Waals surface area contributed by atoms with Gasteiger partial charge in [0.05, 0.1) is 0 Å². The molecule has 0 amide bonds. The Morgan fingerprint density at radius 3 is 2.11 bits per heavy atom. The predicted octanol–water partition coefficient (Wildman–Crippen LogP) is 7.76. The van der Waals surface area contributed by atoms with Gasteiger partial charge in [-0.25, -0.2) is 0 Å². The second kappa shape index (κ2) is 15.6. The predicted molar refractivity (Wildman–Crippen MR) is 158 cm³/mol. The Labute approximate surface area is 234 Å². The van der Waals surface area contributed by atoms with Crippen LogP contribution in [0.15, 0.2) is 47.4 Å². The fraction of sp³-hybridized carbons (Fsp3) is 0.581. The van der Waals surface area contributed by atoms with Crippen LogP contribution in [0.2, 0.25) is 0 Å². The lowest BCUT2D eigenvalue weighted by Gasteiger charge is -2.43. The van der Waals surface area contributed by atoms with Crippen molar-refractivity contribution in [2.45, 2.75) is 100 Å². The number of thioether (sulfide) groups is 1. The minimum atomic E-state index is -0.771. The zero-order chi connectivity index (χ0) is 27.4. The van der Waals surface area contributed by atoms with E-state index in [0.717, 1.165) is 50.0 Å². The molecular weight excluding hydrogens is 516 g/mol. The molecule has 1 heterocycles. The molecule has 38 heavy (non-hydrogen) atoms. The summed E-state index contributed by atoms with van der Waals surface area (Å²) in [5.74, 6) is 2.64. The van der Waals surface area contributed by atoms with Gasteiger partial charge in [0.15, 0.2) is 0 Å². The fourth-order valence-electron chi connectivity index (χ4n) is 5.52. The van der Waals surface area contributed by atoms with E-state index in [4.69, 9.17) is 5.11 Å². The minimum absolute atomic E-state index is 0.0335. The van der Waals surface area contributed by atoms with Crippen LogP contribution in [0.5, 0.6) is 11.5 Å². The van der Waals surface area contributed by atoms with Gasteiger partial charge in [-0.3, -0.25) is 9.00 Å². The summed E-state index contributed by atoms with van der Waals surface area (Å²) in [5.41, 5.74) is 2.54. The van der Waals surface area contributed by atoms with Crippen molar-refractivity contribution in [1.29, 1.82) is 0 Å². The summed E-state index contributed by atoms with van der Waals surface area (Å²) < 4.78 is 12.1. The van der Waals surface area contributed by atoms with Crippen LogP contribution in [0.1, 0.15) is 101 Å². The SMILES string of the molecule is CC1(c2ccc(O)cc2)CSc2cc(O)ccc2C1CCCCCCCCCS(=O)CCCCCC(=O)O. The molecule has 0 radical (unpaired) electrons. The van der Waals surface area contributed by atoms with Gasteiger partial charge in [-0.05, 0) is 67.0 Å². The number of unbranched alkanes of at least 4 members (excludes halogenated alkanes) is 8. The highest BCUT2D eigenvalue weighted by molar-refractivity contribution is 7.99. The number of benzene rings is 2. The Hall–Kier alpha value is -1.99. The van der Waals surface area contributed by atoms with Crippen LogP contribution in [-0.2, 0) is 21.0 Å². The van der Waals surface area contributed by atoms with Gasteiger partial charge < -0.3 is 15.3 Å². The number of carboxylic acid groups (broad SMARTS) is 1. The van der Waals surface area contributed by atoms with Crippen LogP contribution >= 0.6 is 11.8 Å². The molecule has 0 spiro atoms. The molecule has 0 aliphatic carbocycles. The first kappa shape index (κ1) is 30.6. The monoisotopic (exact) mass is 560 g/mol. The zero-order valence-electron chi connectivity index (χ0n) is 22.7. The summed E-state index contributed by atoms with van der Waals surface area (Å²) in [6, 6.07) is 13.5. The third-order valence-corrected chi connectivity index (χ3v) is 10.7. The summed E-state index contributed by atoms with van der Waals surface area (Å²) in [7, 11) is -0.771. The van der Waals surface area contributed by atoms with Crippen LogP contribution in [0, 0.1) is 0 Å². The molecule has 2 aromatic carbocycles. The molecule has 0 saturated heterocycles. The quantitative estimate of drug-likeness (QED) is 0.171. The van der Waals surface area contributed by atoms with Gasteiger partial charge in [-0.15, -0.1) is 11.8 Å². The van der Waals surface area contributed by atoms with Crippen molar-refractivity contribution in [3.8, 4) is 11.5 Å². The third kappa shape index (κ3) is 9.33. The van der Waals surface area contributed by atoms with Crippen molar-refractivity contribution < 1.29 is 24.3 Å². The van der Waals surface area contributed by atoms with Crippen LogP contribution in [0.4, 0.5) is 0 Å². The maximum atomic E-state index is 12.1. The maximum Gasteiger partial charge on any atom is 0.303 e. The Morgan fingerprint density at radius 2 is 1.45 bits per heavy atom. The highest BCUT2D eigenvalue weighted by atomic mass is 32.2. The summed E-state index contributed by atoms with van der Waals surface area (Å²) in [6.07, 6.45) is 11.8. The first-order valence-corrected chi connectivity index (χ1v) is 16.6. The lowest BCUT2D eigenvalue weighted by molar-refractivity contribution is -0.137. The van der Waals surface area contributed by atoms with Crippen molar-refractivity contribution in [1.82, 2.24) is 0 Å². The highest BCUT2D eigenvalue weighted by Gasteiger charge is 2.41. The second-order valence-electron chi connectivity index (χ2n) is 10.8. The summed E-state index contributed by atoms with van der Waals surface area (Å²) in [5, 5.41) is 28.5. The number of aliphatic carboxylic acids is 1. The van der Waals surface area contributed by atoms with Gasteiger partial charge >= 0.3 is 5.97 Å². The van der Waals surface area contributed by atoms with E-state index in [0.29, 0.717) is 29.6 Å². The molecule has 0 fully saturated rings. The summed E-state index contributed by atoms with van der Waals surface area (Å²) >= 11 is 1.81. The van der Waals surface area contributed by atoms with Gasteiger partial charge in [-0.2, -0.15) is 0 Å². The molecule has 3 unspecified atom stereocenters. The average molecular weight is 561 g/mol. The normalized spacial score (nSPS) is 19.7. The lowest BCUT2D eigenvalue weighted by Crippen LogP contribution is -2.36. The van der Waals surface area contributed by atoms with Crippen LogP contribution < -0.4 is 0 Å².